The summed E-state index contributed by atoms with van der Waals surface area (Å²) in [6.45, 7) is 5.25. The van der Waals surface area contributed by atoms with E-state index in [-0.39, 0.29) is 0 Å². The Morgan fingerprint density at radius 1 is 1.21 bits per heavy atom. The molecule has 5 atom stereocenters. The molecule has 1 aromatic carbocycles. The predicted octanol–water partition coefficient (Wildman–Crippen LogP) is -0.0575. The summed E-state index contributed by atoms with van der Waals surface area (Å²) in [6.07, 6.45) is -2.92. The molecule has 0 bridgehead atoms. The van der Waals surface area contributed by atoms with Crippen LogP contribution in [0.1, 0.15) is 18.1 Å². The van der Waals surface area contributed by atoms with Crippen molar-refractivity contribution in [3.05, 3.63) is 42.0 Å². The highest BCUT2D eigenvalue weighted by Gasteiger charge is 2.50. The average molecular weight is 265 g/mol. The highest BCUT2D eigenvalue weighted by molar-refractivity contribution is 5.48. The number of aliphatic hydroxyl groups excluding tert-OH is 3. The first-order valence-electron chi connectivity index (χ1n) is 6.14. The van der Waals surface area contributed by atoms with Gasteiger partial charge in [-0.05, 0) is 12.5 Å². The number of hydrogen-bond donors (Lipinski definition) is 4. The van der Waals surface area contributed by atoms with Gasteiger partial charge in [-0.1, -0.05) is 36.9 Å². The molecule has 19 heavy (non-hydrogen) atoms. The molecule has 1 heterocycles. The van der Waals surface area contributed by atoms with E-state index in [1.807, 2.05) is 0 Å². The van der Waals surface area contributed by atoms with Gasteiger partial charge in [0.15, 0.2) is 5.72 Å². The molecule has 0 radical (unpaired) electrons. The smallest absolute Gasteiger partial charge is 0.172 e. The van der Waals surface area contributed by atoms with E-state index in [1.165, 1.54) is 0 Å². The second kappa shape index (κ2) is 5.03. The molecule has 104 valence electrons. The molecule has 5 heteroatoms. The van der Waals surface area contributed by atoms with Crippen molar-refractivity contribution in [2.24, 2.45) is 5.73 Å². The van der Waals surface area contributed by atoms with Crippen molar-refractivity contribution in [1.82, 2.24) is 0 Å². The van der Waals surface area contributed by atoms with Crippen LogP contribution in [0, 0.1) is 0 Å². The van der Waals surface area contributed by atoms with Gasteiger partial charge in [0.25, 0.3) is 0 Å². The largest absolute Gasteiger partial charge is 0.388 e. The maximum absolute atomic E-state index is 10.1. The number of nitrogens with two attached hydrogens (primary N) is 1. The van der Waals surface area contributed by atoms with Crippen molar-refractivity contribution in [1.29, 1.82) is 0 Å². The van der Waals surface area contributed by atoms with Gasteiger partial charge in [-0.25, -0.2) is 0 Å². The third kappa shape index (κ3) is 2.31. The van der Waals surface area contributed by atoms with Crippen molar-refractivity contribution in [2.75, 3.05) is 0 Å². The first kappa shape index (κ1) is 14.2. The van der Waals surface area contributed by atoms with Gasteiger partial charge in [0.05, 0.1) is 6.10 Å². The lowest BCUT2D eigenvalue weighted by Crippen LogP contribution is -2.65. The molecule has 1 aliphatic heterocycles. The van der Waals surface area contributed by atoms with E-state index < -0.39 is 30.1 Å². The zero-order valence-corrected chi connectivity index (χ0v) is 10.7. The molecule has 0 unspecified atom stereocenters. The predicted molar refractivity (Wildman–Crippen MR) is 71.0 cm³/mol. The zero-order chi connectivity index (χ0) is 14.2. The van der Waals surface area contributed by atoms with Gasteiger partial charge >= 0.3 is 0 Å². The van der Waals surface area contributed by atoms with E-state index in [0.29, 0.717) is 5.56 Å². The van der Waals surface area contributed by atoms with Gasteiger partial charge in [-0.3, -0.25) is 5.73 Å². The molecule has 5 nitrogen and oxygen atoms in total. The van der Waals surface area contributed by atoms with Crippen LogP contribution in [0.4, 0.5) is 0 Å². The van der Waals surface area contributed by atoms with Crippen molar-refractivity contribution in [3.8, 4) is 0 Å². The topological polar surface area (TPSA) is 95.9 Å². The Balaban J connectivity index is 2.36. The van der Waals surface area contributed by atoms with E-state index in [9.17, 15) is 15.3 Å². The lowest BCUT2D eigenvalue weighted by molar-refractivity contribution is -0.268. The first-order valence-corrected chi connectivity index (χ1v) is 6.14. The lowest BCUT2D eigenvalue weighted by Gasteiger charge is -2.46. The molecule has 0 aromatic heterocycles. The Kier molecular flexibility index (Phi) is 3.75. The lowest BCUT2D eigenvalue weighted by atomic mass is 9.86. The van der Waals surface area contributed by atoms with Crippen LogP contribution in [0.25, 0.3) is 6.08 Å². The fraction of sp³-hybridized carbons (Fsp3) is 0.429. The Morgan fingerprint density at radius 3 is 2.32 bits per heavy atom. The van der Waals surface area contributed by atoms with Crippen molar-refractivity contribution in [2.45, 2.75) is 37.1 Å². The molecule has 0 aliphatic carbocycles. The van der Waals surface area contributed by atoms with Crippen molar-refractivity contribution < 1.29 is 20.1 Å². The minimum absolute atomic E-state index is 0.531. The number of benzene rings is 1. The molecule has 1 saturated heterocycles. The van der Waals surface area contributed by atoms with Gasteiger partial charge < -0.3 is 20.1 Å². The van der Waals surface area contributed by atoms with Crippen LogP contribution in [0.5, 0.6) is 0 Å². The van der Waals surface area contributed by atoms with Crippen LogP contribution in [0.2, 0.25) is 0 Å². The molecule has 5 N–H and O–H groups in total. The normalized spacial score (nSPS) is 39.0. The van der Waals surface area contributed by atoms with E-state index >= 15 is 0 Å². The van der Waals surface area contributed by atoms with E-state index in [4.69, 9.17) is 10.5 Å². The summed E-state index contributed by atoms with van der Waals surface area (Å²) in [6, 6.07) is 6.99. The number of ether oxygens (including phenoxy) is 1. The highest BCUT2D eigenvalue weighted by Crippen LogP contribution is 2.34. The summed E-state index contributed by atoms with van der Waals surface area (Å²) in [5, 5.41) is 29.6. The molecule has 2 rings (SSSR count). The van der Waals surface area contributed by atoms with Crippen LogP contribution in [-0.2, 0) is 10.5 Å². The summed E-state index contributed by atoms with van der Waals surface area (Å²) in [5.41, 5.74) is 5.98. The van der Waals surface area contributed by atoms with E-state index in [1.54, 1.807) is 37.3 Å². The molecule has 1 fully saturated rings. The van der Waals surface area contributed by atoms with Crippen LogP contribution < -0.4 is 5.73 Å². The second-order valence-corrected chi connectivity index (χ2v) is 4.87. The standard InChI is InChI=1S/C14H19NO4/c1-3-9-4-6-10(7-5-9)14(15)13(18)12(17)11(16)8(2)19-14/h3-8,11-13,16-18H,1,15H2,2H3/t8-,11-,12+,13+,14-/m0/s1. The van der Waals surface area contributed by atoms with E-state index in [2.05, 4.69) is 6.58 Å². The van der Waals surface area contributed by atoms with Gasteiger partial charge in [-0.15, -0.1) is 0 Å². The third-order valence-corrected chi connectivity index (χ3v) is 3.57. The monoisotopic (exact) mass is 265 g/mol. The van der Waals surface area contributed by atoms with Gasteiger partial charge in [0, 0.05) is 5.56 Å². The number of aliphatic hydroxyl groups is 3. The quantitative estimate of drug-likeness (QED) is 0.601. The summed E-state index contributed by atoms with van der Waals surface area (Å²) < 4.78 is 5.52. The van der Waals surface area contributed by atoms with Crippen LogP contribution in [0.15, 0.2) is 30.8 Å². The maximum atomic E-state index is 10.1. The molecule has 1 aliphatic rings. The summed E-state index contributed by atoms with van der Waals surface area (Å²) in [7, 11) is 0. The second-order valence-electron chi connectivity index (χ2n) is 4.87. The summed E-state index contributed by atoms with van der Waals surface area (Å²) in [4.78, 5) is 0. The van der Waals surface area contributed by atoms with Gasteiger partial charge in [0.2, 0.25) is 0 Å². The van der Waals surface area contributed by atoms with E-state index in [0.717, 1.165) is 5.56 Å². The maximum Gasteiger partial charge on any atom is 0.172 e. The summed E-state index contributed by atoms with van der Waals surface area (Å²) in [5.74, 6) is 0. The fourth-order valence-corrected chi connectivity index (χ4v) is 2.28. The minimum Gasteiger partial charge on any atom is -0.388 e. The minimum atomic E-state index is -1.54. The Morgan fingerprint density at radius 2 is 1.79 bits per heavy atom. The van der Waals surface area contributed by atoms with Crippen LogP contribution >= 0.6 is 0 Å². The molecular formula is C14H19NO4. The van der Waals surface area contributed by atoms with Gasteiger partial charge in [0.1, 0.15) is 18.3 Å². The number of hydrogen-bond acceptors (Lipinski definition) is 5. The zero-order valence-electron chi connectivity index (χ0n) is 10.7. The SMILES string of the molecule is C=Cc1ccc([C@]2(N)O[C@@H](C)[C@H](O)[C@@H](O)[C@H]2O)cc1. The molecular weight excluding hydrogens is 246 g/mol. The summed E-state index contributed by atoms with van der Waals surface area (Å²) >= 11 is 0. The Labute approximate surface area is 111 Å². The molecule has 1 aromatic rings. The Bertz CT molecular complexity index is 461. The third-order valence-electron chi connectivity index (χ3n) is 3.57. The molecule has 0 saturated carbocycles. The first-order chi connectivity index (χ1) is 8.90. The number of rotatable bonds is 2. The van der Waals surface area contributed by atoms with Crippen molar-refractivity contribution >= 4 is 6.08 Å². The molecule has 0 amide bonds. The highest BCUT2D eigenvalue weighted by atomic mass is 16.6. The average Bonchev–Trinajstić information content (AvgIpc) is 2.43. The van der Waals surface area contributed by atoms with Crippen LogP contribution in [0.3, 0.4) is 0 Å². The fourth-order valence-electron chi connectivity index (χ4n) is 2.28. The molecule has 0 spiro atoms. The van der Waals surface area contributed by atoms with Crippen molar-refractivity contribution in [3.63, 3.8) is 0 Å². The Hall–Kier alpha value is -1.24. The van der Waals surface area contributed by atoms with Crippen LogP contribution in [-0.4, -0.2) is 39.7 Å². The van der Waals surface area contributed by atoms with Gasteiger partial charge in [-0.2, -0.15) is 0 Å².